The Labute approximate surface area is 136 Å². The fourth-order valence-corrected chi connectivity index (χ4v) is 2.58. The van der Waals surface area contributed by atoms with Crippen LogP contribution in [0.4, 0.5) is 0 Å². The summed E-state index contributed by atoms with van der Waals surface area (Å²) in [4.78, 5) is 15.2. The molecule has 5 N–H and O–H groups in total. The molecule has 2 rings (SSSR count). The molecule has 1 saturated heterocycles. The van der Waals surface area contributed by atoms with Crippen molar-refractivity contribution in [3.05, 3.63) is 35.4 Å². The van der Waals surface area contributed by atoms with E-state index in [2.05, 4.69) is 5.32 Å². The predicted molar refractivity (Wildman–Crippen MR) is 90.4 cm³/mol. The molecule has 1 fully saturated rings. The number of benzene rings is 1. The summed E-state index contributed by atoms with van der Waals surface area (Å²) >= 11 is 0. The lowest BCUT2D eigenvalue weighted by atomic mass is 10.1. The molecule has 1 aromatic carbocycles. The van der Waals surface area contributed by atoms with Crippen LogP contribution in [0.2, 0.25) is 0 Å². The molecule has 1 aliphatic rings. The van der Waals surface area contributed by atoms with Gasteiger partial charge < -0.3 is 16.0 Å². The summed E-state index contributed by atoms with van der Waals surface area (Å²) in [7, 11) is 0. The van der Waals surface area contributed by atoms with Gasteiger partial charge >= 0.3 is 0 Å². The Kier molecular flexibility index (Phi) is 5.56. The molecule has 0 radical (unpaired) electrons. The summed E-state index contributed by atoms with van der Waals surface area (Å²) in [6, 6.07) is 7.16. The molecule has 0 saturated carbocycles. The lowest BCUT2D eigenvalue weighted by Gasteiger charge is -2.29. The number of rotatable bonds is 4. The molecule has 7 heteroatoms. The second-order valence-corrected chi connectivity index (χ2v) is 5.55. The van der Waals surface area contributed by atoms with E-state index in [1.165, 1.54) is 4.90 Å². The zero-order chi connectivity index (χ0) is 16.8. The van der Waals surface area contributed by atoms with E-state index in [-0.39, 0.29) is 17.8 Å². The number of guanidine groups is 2. The van der Waals surface area contributed by atoms with Crippen molar-refractivity contribution in [1.82, 2.24) is 15.1 Å². The van der Waals surface area contributed by atoms with Gasteiger partial charge in [-0.1, -0.05) is 12.1 Å². The molecule has 1 aliphatic heterocycles. The average molecular weight is 316 g/mol. The summed E-state index contributed by atoms with van der Waals surface area (Å²) in [6.45, 7) is 4.48. The largest absolute Gasteiger partial charge is 0.370 e. The zero-order valence-electron chi connectivity index (χ0n) is 13.4. The van der Waals surface area contributed by atoms with Crippen molar-refractivity contribution in [1.29, 1.82) is 10.8 Å². The maximum Gasteiger partial charge on any atom is 0.251 e. The summed E-state index contributed by atoms with van der Waals surface area (Å²) < 4.78 is 0. The fourth-order valence-electron chi connectivity index (χ4n) is 2.58. The third-order valence-electron chi connectivity index (χ3n) is 3.85. The maximum atomic E-state index is 11.8. The van der Waals surface area contributed by atoms with Crippen molar-refractivity contribution in [3.8, 4) is 0 Å². The minimum atomic E-state index is -0.144. The second-order valence-electron chi connectivity index (χ2n) is 5.55. The quantitative estimate of drug-likeness (QED) is 0.493. The van der Waals surface area contributed by atoms with Crippen molar-refractivity contribution in [3.63, 3.8) is 0 Å². The van der Waals surface area contributed by atoms with Gasteiger partial charge in [-0.05, 0) is 37.5 Å². The Hall–Kier alpha value is -2.57. The van der Waals surface area contributed by atoms with E-state index in [0.29, 0.717) is 18.7 Å². The van der Waals surface area contributed by atoms with Gasteiger partial charge in [0.1, 0.15) is 0 Å². The van der Waals surface area contributed by atoms with Crippen LogP contribution in [0.1, 0.15) is 35.7 Å². The molecular formula is C16H24N6O. The first-order valence-corrected chi connectivity index (χ1v) is 7.85. The number of likely N-dealkylation sites (tertiary alicyclic amines) is 1. The first-order chi connectivity index (χ1) is 11.0. The highest BCUT2D eigenvalue weighted by atomic mass is 16.1. The maximum absolute atomic E-state index is 11.8. The summed E-state index contributed by atoms with van der Waals surface area (Å²) in [6.07, 6.45) is 2.13. The minimum Gasteiger partial charge on any atom is -0.370 e. The Balaban J connectivity index is 2.06. The van der Waals surface area contributed by atoms with Crippen LogP contribution in [0.5, 0.6) is 0 Å². The van der Waals surface area contributed by atoms with Crippen LogP contribution in [0.15, 0.2) is 24.3 Å². The monoisotopic (exact) mass is 316 g/mol. The molecule has 7 nitrogen and oxygen atoms in total. The molecule has 1 amide bonds. The van der Waals surface area contributed by atoms with E-state index < -0.39 is 0 Å². The van der Waals surface area contributed by atoms with Crippen molar-refractivity contribution < 1.29 is 4.79 Å². The van der Waals surface area contributed by atoms with Gasteiger partial charge in [-0.3, -0.25) is 20.5 Å². The Morgan fingerprint density at radius 3 is 2.39 bits per heavy atom. The third kappa shape index (κ3) is 4.21. The van der Waals surface area contributed by atoms with E-state index in [4.69, 9.17) is 16.6 Å². The van der Waals surface area contributed by atoms with E-state index in [0.717, 1.165) is 31.5 Å². The van der Waals surface area contributed by atoms with Gasteiger partial charge in [0.05, 0.1) is 6.54 Å². The molecule has 0 bridgehead atoms. The lowest BCUT2D eigenvalue weighted by Crippen LogP contribution is -2.47. The first-order valence-electron chi connectivity index (χ1n) is 7.85. The number of carbonyl (C=O) groups is 1. The Morgan fingerprint density at radius 2 is 1.87 bits per heavy atom. The third-order valence-corrected chi connectivity index (χ3v) is 3.85. The number of amides is 1. The molecule has 0 unspecified atom stereocenters. The number of nitrogens with zero attached hydrogens (tertiary/aromatic N) is 2. The number of hydrogen-bond donors (Lipinski definition) is 4. The van der Waals surface area contributed by atoms with E-state index in [9.17, 15) is 4.79 Å². The summed E-state index contributed by atoms with van der Waals surface area (Å²) in [5.74, 6) is 0.0183. The molecule has 0 spiro atoms. The number of nitrogens with two attached hydrogens (primary N) is 1. The molecule has 1 aromatic rings. The van der Waals surface area contributed by atoms with Crippen molar-refractivity contribution in [2.45, 2.75) is 26.3 Å². The Bertz CT molecular complexity index is 577. The van der Waals surface area contributed by atoms with E-state index >= 15 is 0 Å². The smallest absolute Gasteiger partial charge is 0.251 e. The SMILES string of the molecule is CCNC(=O)c1ccc(CN(C(=N)N)C(=N)N2CCCC2)cc1. The molecule has 0 aromatic heterocycles. The van der Waals surface area contributed by atoms with Crippen LogP contribution in [0.3, 0.4) is 0 Å². The first kappa shape index (κ1) is 16.8. The highest BCUT2D eigenvalue weighted by molar-refractivity contribution is 5.95. The van der Waals surface area contributed by atoms with Gasteiger partial charge in [-0.2, -0.15) is 0 Å². The molecular weight excluding hydrogens is 292 g/mol. The van der Waals surface area contributed by atoms with Gasteiger partial charge in [0, 0.05) is 25.2 Å². The number of hydrogen-bond acceptors (Lipinski definition) is 3. The van der Waals surface area contributed by atoms with Crippen LogP contribution in [-0.2, 0) is 6.54 Å². The molecule has 23 heavy (non-hydrogen) atoms. The zero-order valence-corrected chi connectivity index (χ0v) is 13.4. The number of carbonyl (C=O) groups excluding carboxylic acids is 1. The van der Waals surface area contributed by atoms with Gasteiger partial charge in [-0.25, -0.2) is 0 Å². The van der Waals surface area contributed by atoms with Crippen molar-refractivity contribution in [2.24, 2.45) is 5.73 Å². The molecule has 0 aliphatic carbocycles. The average Bonchev–Trinajstić information content (AvgIpc) is 3.07. The predicted octanol–water partition coefficient (Wildman–Crippen LogP) is 1.16. The standard InChI is InChI=1S/C16H24N6O/c1-2-20-14(23)13-7-5-12(6-8-13)11-22(15(17)18)16(19)21-9-3-4-10-21/h5-8,19H,2-4,9-11H2,1H3,(H3,17,18)(H,20,23). The van der Waals surface area contributed by atoms with Gasteiger partial charge in [0.2, 0.25) is 5.96 Å². The number of nitrogens with one attached hydrogen (secondary N) is 3. The normalized spacial score (nSPS) is 13.7. The molecule has 1 heterocycles. The topological polar surface area (TPSA) is 109 Å². The van der Waals surface area contributed by atoms with Gasteiger partial charge in [0.15, 0.2) is 5.96 Å². The van der Waals surface area contributed by atoms with E-state index in [1.807, 2.05) is 24.0 Å². The van der Waals surface area contributed by atoms with E-state index in [1.54, 1.807) is 12.1 Å². The molecule has 0 atom stereocenters. The second kappa shape index (κ2) is 7.62. The van der Waals surface area contributed by atoms with Crippen LogP contribution in [0.25, 0.3) is 0 Å². The van der Waals surface area contributed by atoms with Gasteiger partial charge in [-0.15, -0.1) is 0 Å². The van der Waals surface area contributed by atoms with Crippen molar-refractivity contribution in [2.75, 3.05) is 19.6 Å². The lowest BCUT2D eigenvalue weighted by molar-refractivity contribution is 0.0956. The highest BCUT2D eigenvalue weighted by Gasteiger charge is 2.22. The molecule has 124 valence electrons. The fraction of sp³-hybridized carbons (Fsp3) is 0.438. The summed E-state index contributed by atoms with van der Waals surface area (Å²) in [5.41, 5.74) is 7.15. The van der Waals surface area contributed by atoms with Crippen LogP contribution in [-0.4, -0.2) is 47.3 Å². The minimum absolute atomic E-state index is 0.104. The summed E-state index contributed by atoms with van der Waals surface area (Å²) in [5, 5.41) is 18.7. The van der Waals surface area contributed by atoms with Crippen molar-refractivity contribution >= 4 is 17.8 Å². The van der Waals surface area contributed by atoms with Crippen LogP contribution >= 0.6 is 0 Å². The highest BCUT2D eigenvalue weighted by Crippen LogP contribution is 2.13. The van der Waals surface area contributed by atoms with Crippen LogP contribution in [0, 0.1) is 10.8 Å². The van der Waals surface area contributed by atoms with Crippen LogP contribution < -0.4 is 11.1 Å². The Morgan fingerprint density at radius 1 is 1.26 bits per heavy atom. The van der Waals surface area contributed by atoms with Gasteiger partial charge in [0.25, 0.3) is 5.91 Å².